The van der Waals surface area contributed by atoms with Crippen LogP contribution >= 0.6 is 0 Å². The summed E-state index contributed by atoms with van der Waals surface area (Å²) < 4.78 is 0. The number of amides is 1. The maximum Gasteiger partial charge on any atom is 0.225 e. The summed E-state index contributed by atoms with van der Waals surface area (Å²) in [6.07, 6.45) is 5.67. The number of hydrogen-bond acceptors (Lipinski definition) is 7. The van der Waals surface area contributed by atoms with Crippen molar-refractivity contribution < 1.29 is 9.90 Å². The normalized spacial score (nSPS) is 18.2. The van der Waals surface area contributed by atoms with Crippen LogP contribution in [0.25, 0.3) is 17.3 Å². The summed E-state index contributed by atoms with van der Waals surface area (Å²) >= 11 is 0. The lowest BCUT2D eigenvalue weighted by Crippen LogP contribution is -2.57. The third kappa shape index (κ3) is 4.53. The van der Waals surface area contributed by atoms with Crippen LogP contribution in [0.2, 0.25) is 0 Å². The summed E-state index contributed by atoms with van der Waals surface area (Å²) in [6.45, 7) is 11.6. The highest BCUT2D eigenvalue weighted by Crippen LogP contribution is 2.46. The molecule has 2 aromatic rings. The van der Waals surface area contributed by atoms with Crippen molar-refractivity contribution >= 4 is 17.8 Å². The zero-order valence-electron chi connectivity index (χ0n) is 20.2. The minimum atomic E-state index is -0.147. The summed E-state index contributed by atoms with van der Waals surface area (Å²) in [5.74, 6) is 1.25. The molecule has 178 valence electrons. The molecule has 1 aliphatic carbocycles. The number of hydrogen-bond donors (Lipinski definition) is 1. The van der Waals surface area contributed by atoms with E-state index in [0.29, 0.717) is 42.6 Å². The van der Waals surface area contributed by atoms with Crippen molar-refractivity contribution in [2.45, 2.75) is 52.0 Å². The van der Waals surface area contributed by atoms with Crippen LogP contribution in [0.1, 0.15) is 61.4 Å². The molecule has 0 aromatic carbocycles. The predicted molar refractivity (Wildman–Crippen MR) is 131 cm³/mol. The number of carbonyl (C=O) groups is 1. The van der Waals surface area contributed by atoms with Gasteiger partial charge in [-0.3, -0.25) is 4.79 Å². The first kappa shape index (κ1) is 23.8. The van der Waals surface area contributed by atoms with Crippen LogP contribution in [0, 0.1) is 24.2 Å². The fourth-order valence-corrected chi connectivity index (χ4v) is 4.79. The van der Waals surface area contributed by atoms with Crippen molar-refractivity contribution in [3.05, 3.63) is 41.2 Å². The van der Waals surface area contributed by atoms with Crippen molar-refractivity contribution in [2.24, 2.45) is 5.92 Å². The number of anilines is 1. The van der Waals surface area contributed by atoms with E-state index in [1.54, 1.807) is 12.3 Å². The standard InChI is InChI=1S/C26H32N6O2/c1-5-18-12-21(30-28-14-18)24-17(4)20(13-27)26(29-25(24)19-6-7-19)31-9-10-32(23(34)8-11-33)22(15-31)16(2)3/h5,12,14,16,19,22,33H,1,6-11,15H2,2-4H3. The number of rotatable bonds is 7. The number of aliphatic hydroxyl groups excluding tert-OH is 1. The molecule has 1 unspecified atom stereocenters. The van der Waals surface area contributed by atoms with Gasteiger partial charge in [0.15, 0.2) is 0 Å². The van der Waals surface area contributed by atoms with E-state index in [2.05, 4.69) is 41.6 Å². The average Bonchev–Trinajstić information content (AvgIpc) is 3.68. The van der Waals surface area contributed by atoms with Gasteiger partial charge in [0.05, 0.1) is 35.8 Å². The minimum Gasteiger partial charge on any atom is -0.396 e. The van der Waals surface area contributed by atoms with Crippen LogP contribution in [0.3, 0.4) is 0 Å². The summed E-state index contributed by atoms with van der Waals surface area (Å²) in [5, 5.41) is 27.9. The second-order valence-corrected chi connectivity index (χ2v) is 9.48. The molecule has 1 atom stereocenters. The van der Waals surface area contributed by atoms with Crippen LogP contribution in [0.5, 0.6) is 0 Å². The largest absolute Gasteiger partial charge is 0.396 e. The zero-order chi connectivity index (χ0) is 24.4. The molecule has 34 heavy (non-hydrogen) atoms. The molecule has 1 saturated carbocycles. The molecule has 0 bridgehead atoms. The van der Waals surface area contributed by atoms with Gasteiger partial charge in [-0.25, -0.2) is 4.98 Å². The van der Waals surface area contributed by atoms with Gasteiger partial charge >= 0.3 is 0 Å². The van der Waals surface area contributed by atoms with Crippen LogP contribution in [-0.2, 0) is 4.79 Å². The molecule has 0 radical (unpaired) electrons. The smallest absolute Gasteiger partial charge is 0.225 e. The molecule has 8 nitrogen and oxygen atoms in total. The maximum absolute atomic E-state index is 12.6. The second-order valence-electron chi connectivity index (χ2n) is 9.48. The van der Waals surface area contributed by atoms with Gasteiger partial charge < -0.3 is 14.9 Å². The Morgan fingerprint density at radius 3 is 2.76 bits per heavy atom. The lowest BCUT2D eigenvalue weighted by atomic mass is 9.95. The Hall–Kier alpha value is -3.31. The van der Waals surface area contributed by atoms with Crippen molar-refractivity contribution in [1.29, 1.82) is 5.26 Å². The average molecular weight is 461 g/mol. The summed E-state index contributed by atoms with van der Waals surface area (Å²) in [6, 6.07) is 4.33. The maximum atomic E-state index is 12.6. The fraction of sp³-hybridized carbons (Fsp3) is 0.500. The minimum absolute atomic E-state index is 0.0133. The van der Waals surface area contributed by atoms with Gasteiger partial charge in [0, 0.05) is 37.5 Å². The predicted octanol–water partition coefficient (Wildman–Crippen LogP) is 3.29. The number of piperazine rings is 1. The molecule has 8 heteroatoms. The highest BCUT2D eigenvalue weighted by Gasteiger charge is 2.36. The SMILES string of the molecule is C=Cc1cnnc(-c2c(C3CC3)nc(N3CCN(C(=O)CCO)C(C(C)C)C3)c(C#N)c2C)c1. The molecule has 1 aliphatic heterocycles. The van der Waals surface area contributed by atoms with Crippen LogP contribution in [-0.4, -0.2) is 63.4 Å². The molecular formula is C26H32N6O2. The molecule has 1 saturated heterocycles. The van der Waals surface area contributed by atoms with Crippen LogP contribution in [0.4, 0.5) is 5.82 Å². The summed E-state index contributed by atoms with van der Waals surface area (Å²) in [4.78, 5) is 21.7. The number of pyridine rings is 1. The van der Waals surface area contributed by atoms with E-state index in [1.165, 1.54) is 0 Å². The number of nitriles is 1. The van der Waals surface area contributed by atoms with E-state index in [1.807, 2.05) is 17.9 Å². The molecular weight excluding hydrogens is 428 g/mol. The first-order valence-electron chi connectivity index (χ1n) is 11.9. The van der Waals surface area contributed by atoms with E-state index < -0.39 is 0 Å². The van der Waals surface area contributed by atoms with Gasteiger partial charge in [0.1, 0.15) is 11.9 Å². The number of nitrogens with zero attached hydrogens (tertiary/aromatic N) is 6. The number of carbonyl (C=O) groups excluding carboxylic acids is 1. The lowest BCUT2D eigenvalue weighted by molar-refractivity contribution is -0.135. The van der Waals surface area contributed by atoms with E-state index in [9.17, 15) is 15.2 Å². The first-order valence-corrected chi connectivity index (χ1v) is 11.9. The van der Waals surface area contributed by atoms with Crippen molar-refractivity contribution in [2.75, 3.05) is 31.1 Å². The Labute approximate surface area is 200 Å². The van der Waals surface area contributed by atoms with Gasteiger partial charge in [-0.2, -0.15) is 15.5 Å². The van der Waals surface area contributed by atoms with Gasteiger partial charge in [-0.05, 0) is 42.9 Å². The molecule has 2 aromatic heterocycles. The molecule has 1 N–H and O–H groups in total. The van der Waals surface area contributed by atoms with Crippen LogP contribution in [0.15, 0.2) is 18.8 Å². The van der Waals surface area contributed by atoms with Crippen molar-refractivity contribution in [3.63, 3.8) is 0 Å². The molecule has 0 spiro atoms. The monoisotopic (exact) mass is 460 g/mol. The first-order chi connectivity index (χ1) is 16.4. The summed E-state index contributed by atoms with van der Waals surface area (Å²) in [5.41, 5.74) is 4.87. The molecule has 3 heterocycles. The fourth-order valence-electron chi connectivity index (χ4n) is 4.79. The molecule has 1 amide bonds. The Kier molecular flexibility index (Phi) is 6.94. The van der Waals surface area contributed by atoms with Crippen molar-refractivity contribution in [3.8, 4) is 17.3 Å². The Balaban J connectivity index is 1.77. The Morgan fingerprint density at radius 2 is 2.15 bits per heavy atom. The van der Waals surface area contributed by atoms with Gasteiger partial charge in [0.25, 0.3) is 0 Å². The highest BCUT2D eigenvalue weighted by molar-refractivity contribution is 5.78. The molecule has 2 fully saturated rings. The third-order valence-electron chi connectivity index (χ3n) is 6.83. The topological polar surface area (TPSA) is 106 Å². The molecule has 4 rings (SSSR count). The summed E-state index contributed by atoms with van der Waals surface area (Å²) in [7, 11) is 0. The molecule has 2 aliphatic rings. The van der Waals surface area contributed by atoms with Gasteiger partial charge in [-0.15, -0.1) is 0 Å². The van der Waals surface area contributed by atoms with E-state index in [4.69, 9.17) is 4.98 Å². The quantitative estimate of drug-likeness (QED) is 0.676. The second kappa shape index (κ2) is 9.90. The van der Waals surface area contributed by atoms with Crippen LogP contribution < -0.4 is 4.90 Å². The van der Waals surface area contributed by atoms with Crippen molar-refractivity contribution in [1.82, 2.24) is 20.1 Å². The number of aromatic nitrogens is 3. The number of aliphatic hydroxyl groups is 1. The Bertz CT molecular complexity index is 1130. The van der Waals surface area contributed by atoms with E-state index in [0.717, 1.165) is 35.2 Å². The lowest BCUT2D eigenvalue weighted by Gasteiger charge is -2.44. The third-order valence-corrected chi connectivity index (χ3v) is 6.83. The Morgan fingerprint density at radius 1 is 1.38 bits per heavy atom. The van der Waals surface area contributed by atoms with Gasteiger partial charge in [-0.1, -0.05) is 26.5 Å². The highest BCUT2D eigenvalue weighted by atomic mass is 16.3. The zero-order valence-corrected chi connectivity index (χ0v) is 20.2. The van der Waals surface area contributed by atoms with Gasteiger partial charge in [0.2, 0.25) is 5.91 Å². The van der Waals surface area contributed by atoms with E-state index >= 15 is 0 Å². The van der Waals surface area contributed by atoms with E-state index in [-0.39, 0.29) is 30.9 Å².